The van der Waals surface area contributed by atoms with E-state index in [4.69, 9.17) is 10.5 Å². The van der Waals surface area contributed by atoms with Crippen molar-refractivity contribution in [2.24, 2.45) is 5.73 Å². The summed E-state index contributed by atoms with van der Waals surface area (Å²) in [6.07, 6.45) is 8.57. The number of ether oxygens (including phenoxy) is 1. The van der Waals surface area contributed by atoms with Crippen LogP contribution in [0.2, 0.25) is 0 Å². The van der Waals surface area contributed by atoms with Crippen molar-refractivity contribution in [3.63, 3.8) is 0 Å². The SMILES string of the molecule is NC1CCCC(=C2CCOC3(CCSC3)C2)C1. The van der Waals surface area contributed by atoms with Gasteiger partial charge in [-0.05, 0) is 50.7 Å². The zero-order valence-electron chi connectivity index (χ0n) is 10.5. The van der Waals surface area contributed by atoms with Gasteiger partial charge in [0.15, 0.2) is 0 Å². The van der Waals surface area contributed by atoms with Crippen molar-refractivity contribution in [3.8, 4) is 0 Å². The molecular weight excluding hydrogens is 230 g/mol. The molecule has 2 atom stereocenters. The van der Waals surface area contributed by atoms with E-state index in [2.05, 4.69) is 11.8 Å². The molecule has 0 bridgehead atoms. The van der Waals surface area contributed by atoms with E-state index in [1.165, 1.54) is 43.6 Å². The molecule has 2 saturated heterocycles. The minimum absolute atomic E-state index is 0.201. The normalized spacial score (nSPS) is 43.2. The summed E-state index contributed by atoms with van der Waals surface area (Å²) in [5.74, 6) is 2.48. The van der Waals surface area contributed by atoms with E-state index in [0.29, 0.717) is 6.04 Å². The van der Waals surface area contributed by atoms with Crippen molar-refractivity contribution in [2.45, 2.75) is 56.6 Å². The van der Waals surface area contributed by atoms with Gasteiger partial charge in [-0.1, -0.05) is 11.1 Å². The van der Waals surface area contributed by atoms with Crippen molar-refractivity contribution in [2.75, 3.05) is 18.1 Å². The second kappa shape index (κ2) is 4.94. The third-order valence-electron chi connectivity index (χ3n) is 4.48. The van der Waals surface area contributed by atoms with E-state index >= 15 is 0 Å². The Morgan fingerprint density at radius 2 is 2.24 bits per heavy atom. The summed E-state index contributed by atoms with van der Waals surface area (Å²) in [5, 5.41) is 0. The Morgan fingerprint density at radius 3 is 3.00 bits per heavy atom. The predicted molar refractivity (Wildman–Crippen MR) is 73.3 cm³/mol. The zero-order chi connectivity index (χ0) is 11.7. The molecular formula is C14H23NOS. The van der Waals surface area contributed by atoms with Crippen LogP contribution in [0.1, 0.15) is 44.9 Å². The van der Waals surface area contributed by atoms with Gasteiger partial charge in [0, 0.05) is 11.8 Å². The molecule has 3 heteroatoms. The average molecular weight is 253 g/mol. The van der Waals surface area contributed by atoms with Crippen LogP contribution in [0.4, 0.5) is 0 Å². The summed E-state index contributed by atoms with van der Waals surface area (Å²) >= 11 is 2.06. The van der Waals surface area contributed by atoms with Gasteiger partial charge in [-0.25, -0.2) is 0 Å². The number of thioether (sulfide) groups is 1. The van der Waals surface area contributed by atoms with Gasteiger partial charge in [0.05, 0.1) is 12.2 Å². The van der Waals surface area contributed by atoms with E-state index in [-0.39, 0.29) is 5.60 Å². The molecule has 17 heavy (non-hydrogen) atoms. The van der Waals surface area contributed by atoms with Crippen molar-refractivity contribution in [3.05, 3.63) is 11.1 Å². The van der Waals surface area contributed by atoms with Gasteiger partial charge >= 0.3 is 0 Å². The lowest BCUT2D eigenvalue weighted by Gasteiger charge is -2.37. The number of hydrogen-bond donors (Lipinski definition) is 1. The molecule has 1 saturated carbocycles. The van der Waals surface area contributed by atoms with Crippen molar-refractivity contribution < 1.29 is 4.74 Å². The maximum absolute atomic E-state index is 6.11. The number of hydrogen-bond acceptors (Lipinski definition) is 3. The lowest BCUT2D eigenvalue weighted by atomic mass is 9.81. The highest BCUT2D eigenvalue weighted by molar-refractivity contribution is 7.99. The number of nitrogens with two attached hydrogens (primary N) is 1. The highest BCUT2D eigenvalue weighted by atomic mass is 32.2. The Hall–Kier alpha value is 0.01000. The molecule has 0 aromatic heterocycles. The predicted octanol–water partition coefficient (Wildman–Crippen LogP) is 2.87. The minimum Gasteiger partial charge on any atom is -0.373 e. The minimum atomic E-state index is 0.201. The Morgan fingerprint density at radius 1 is 1.29 bits per heavy atom. The van der Waals surface area contributed by atoms with Crippen LogP contribution in [0.5, 0.6) is 0 Å². The highest BCUT2D eigenvalue weighted by Crippen LogP contribution is 2.42. The van der Waals surface area contributed by atoms with Gasteiger partial charge in [-0.3, -0.25) is 0 Å². The molecule has 0 aromatic rings. The van der Waals surface area contributed by atoms with Gasteiger partial charge in [-0.15, -0.1) is 0 Å². The third kappa shape index (κ3) is 2.56. The summed E-state index contributed by atoms with van der Waals surface area (Å²) in [6.45, 7) is 0.939. The fraction of sp³-hybridized carbons (Fsp3) is 0.857. The van der Waals surface area contributed by atoms with Gasteiger partial charge < -0.3 is 10.5 Å². The van der Waals surface area contributed by atoms with Crippen molar-refractivity contribution in [1.29, 1.82) is 0 Å². The average Bonchev–Trinajstić information content (AvgIpc) is 2.77. The Kier molecular flexibility index (Phi) is 3.51. The summed E-state index contributed by atoms with van der Waals surface area (Å²) in [6, 6.07) is 0.419. The molecule has 2 aliphatic heterocycles. The van der Waals surface area contributed by atoms with Gasteiger partial charge in [0.2, 0.25) is 0 Å². The van der Waals surface area contributed by atoms with Crippen LogP contribution in [0.15, 0.2) is 11.1 Å². The van der Waals surface area contributed by atoms with Crippen molar-refractivity contribution in [1.82, 2.24) is 0 Å². The maximum Gasteiger partial charge on any atom is 0.0817 e. The fourth-order valence-corrected chi connectivity index (χ4v) is 4.84. The molecule has 1 spiro atoms. The Balaban J connectivity index is 1.76. The second-order valence-corrected chi connectivity index (χ2v) is 6.93. The van der Waals surface area contributed by atoms with Crippen molar-refractivity contribution >= 4 is 11.8 Å². The van der Waals surface area contributed by atoms with Gasteiger partial charge in [0.25, 0.3) is 0 Å². The fourth-order valence-electron chi connectivity index (χ4n) is 3.48. The summed E-state index contributed by atoms with van der Waals surface area (Å²) < 4.78 is 6.09. The summed E-state index contributed by atoms with van der Waals surface area (Å²) in [5.41, 5.74) is 9.69. The topological polar surface area (TPSA) is 35.2 Å². The lowest BCUT2D eigenvalue weighted by molar-refractivity contribution is -0.0419. The molecule has 0 amide bonds. The van der Waals surface area contributed by atoms with Crippen LogP contribution >= 0.6 is 11.8 Å². The first kappa shape index (κ1) is 12.1. The quantitative estimate of drug-likeness (QED) is 0.674. The molecule has 96 valence electrons. The maximum atomic E-state index is 6.11. The van der Waals surface area contributed by atoms with E-state index in [0.717, 1.165) is 19.4 Å². The van der Waals surface area contributed by atoms with Crippen LogP contribution in [-0.4, -0.2) is 29.8 Å². The molecule has 0 radical (unpaired) electrons. The van der Waals surface area contributed by atoms with Crippen LogP contribution in [-0.2, 0) is 4.74 Å². The first-order valence-corrected chi connectivity index (χ1v) is 8.10. The molecule has 2 unspecified atom stereocenters. The van der Waals surface area contributed by atoms with Crippen LogP contribution < -0.4 is 5.73 Å². The van der Waals surface area contributed by atoms with Crippen LogP contribution in [0.3, 0.4) is 0 Å². The Labute approximate surface area is 108 Å². The first-order valence-electron chi connectivity index (χ1n) is 6.94. The van der Waals surface area contributed by atoms with Crippen LogP contribution in [0, 0.1) is 0 Å². The van der Waals surface area contributed by atoms with E-state index in [9.17, 15) is 0 Å². The van der Waals surface area contributed by atoms with Gasteiger partial charge in [0.1, 0.15) is 0 Å². The molecule has 1 aliphatic carbocycles. The monoisotopic (exact) mass is 253 g/mol. The van der Waals surface area contributed by atoms with Gasteiger partial charge in [-0.2, -0.15) is 11.8 Å². The largest absolute Gasteiger partial charge is 0.373 e. The Bertz CT molecular complexity index is 320. The molecule has 3 aliphatic rings. The third-order valence-corrected chi connectivity index (χ3v) is 5.70. The smallest absolute Gasteiger partial charge is 0.0817 e. The molecule has 3 fully saturated rings. The number of rotatable bonds is 0. The molecule has 2 nitrogen and oxygen atoms in total. The highest BCUT2D eigenvalue weighted by Gasteiger charge is 2.39. The molecule has 3 rings (SSSR count). The molecule has 0 aromatic carbocycles. The summed E-state index contributed by atoms with van der Waals surface area (Å²) in [4.78, 5) is 0. The zero-order valence-corrected chi connectivity index (χ0v) is 11.4. The molecule has 2 heterocycles. The van der Waals surface area contributed by atoms with E-state index < -0.39 is 0 Å². The van der Waals surface area contributed by atoms with E-state index in [1.54, 1.807) is 11.1 Å². The van der Waals surface area contributed by atoms with Crippen LogP contribution in [0.25, 0.3) is 0 Å². The standard InChI is InChI=1S/C14H23NOS/c15-13-3-1-2-11(8-13)12-4-6-16-14(9-12)5-7-17-10-14/h13H,1-10,15H2. The first-order chi connectivity index (χ1) is 8.27. The summed E-state index contributed by atoms with van der Waals surface area (Å²) in [7, 11) is 0. The molecule has 2 N–H and O–H groups in total. The van der Waals surface area contributed by atoms with E-state index in [1.807, 2.05) is 0 Å². The lowest BCUT2D eigenvalue weighted by Crippen LogP contribution is -2.38. The second-order valence-electron chi connectivity index (χ2n) is 5.82.